The summed E-state index contributed by atoms with van der Waals surface area (Å²) in [6.07, 6.45) is 7.19. The number of aryl methyl sites for hydroxylation is 1. The molecule has 1 aromatic rings. The SMILES string of the molecule is Cc1ccc(C=CC(=O)NC2(CO)CCC(C)CC2)cc1. The van der Waals surface area contributed by atoms with Crippen LogP contribution in [0.25, 0.3) is 6.08 Å². The monoisotopic (exact) mass is 287 g/mol. The minimum absolute atomic E-state index is 0.0177. The van der Waals surface area contributed by atoms with Crippen LogP contribution in [0.5, 0.6) is 0 Å². The van der Waals surface area contributed by atoms with Gasteiger partial charge in [-0.15, -0.1) is 0 Å². The quantitative estimate of drug-likeness (QED) is 0.836. The molecule has 2 N–H and O–H groups in total. The van der Waals surface area contributed by atoms with Gasteiger partial charge in [0.05, 0.1) is 12.1 Å². The van der Waals surface area contributed by atoms with Crippen molar-refractivity contribution in [1.82, 2.24) is 5.32 Å². The predicted molar refractivity (Wildman–Crippen MR) is 85.8 cm³/mol. The third kappa shape index (κ3) is 4.43. The average molecular weight is 287 g/mol. The van der Waals surface area contributed by atoms with Crippen LogP contribution in [0, 0.1) is 12.8 Å². The number of nitrogens with one attached hydrogen (secondary N) is 1. The first-order valence-electron chi connectivity index (χ1n) is 7.71. The highest BCUT2D eigenvalue weighted by molar-refractivity contribution is 5.92. The molecule has 2 rings (SSSR count). The first kappa shape index (κ1) is 15.8. The van der Waals surface area contributed by atoms with Gasteiger partial charge < -0.3 is 10.4 Å². The predicted octanol–water partition coefficient (Wildman–Crippen LogP) is 3.07. The van der Waals surface area contributed by atoms with E-state index in [0.29, 0.717) is 5.92 Å². The van der Waals surface area contributed by atoms with Crippen LogP contribution in [0.15, 0.2) is 30.3 Å². The minimum Gasteiger partial charge on any atom is -0.394 e. The van der Waals surface area contributed by atoms with E-state index in [1.54, 1.807) is 6.08 Å². The molecule has 3 nitrogen and oxygen atoms in total. The van der Waals surface area contributed by atoms with E-state index >= 15 is 0 Å². The van der Waals surface area contributed by atoms with E-state index in [1.165, 1.54) is 5.56 Å². The van der Waals surface area contributed by atoms with E-state index in [4.69, 9.17) is 0 Å². The second-order valence-corrected chi connectivity index (χ2v) is 6.35. The molecule has 3 heteroatoms. The maximum absolute atomic E-state index is 12.1. The van der Waals surface area contributed by atoms with E-state index < -0.39 is 5.54 Å². The lowest BCUT2D eigenvalue weighted by Gasteiger charge is -2.38. The molecular weight excluding hydrogens is 262 g/mol. The molecule has 0 aromatic heterocycles. The van der Waals surface area contributed by atoms with Crippen molar-refractivity contribution < 1.29 is 9.90 Å². The fourth-order valence-electron chi connectivity index (χ4n) is 2.79. The number of amides is 1. The lowest BCUT2D eigenvalue weighted by atomic mass is 9.77. The Bertz CT molecular complexity index is 496. The van der Waals surface area contributed by atoms with Crippen LogP contribution in [0.2, 0.25) is 0 Å². The van der Waals surface area contributed by atoms with Crippen LogP contribution < -0.4 is 5.32 Å². The van der Waals surface area contributed by atoms with Gasteiger partial charge in [0, 0.05) is 6.08 Å². The highest BCUT2D eigenvalue weighted by Gasteiger charge is 2.34. The number of carbonyl (C=O) groups excluding carboxylic acids is 1. The van der Waals surface area contributed by atoms with Crippen LogP contribution in [0.4, 0.5) is 0 Å². The molecule has 1 amide bonds. The van der Waals surface area contributed by atoms with Crippen LogP contribution in [0.1, 0.15) is 43.7 Å². The normalized spacial score (nSPS) is 26.0. The van der Waals surface area contributed by atoms with E-state index in [-0.39, 0.29) is 12.5 Å². The minimum atomic E-state index is -0.429. The Hall–Kier alpha value is -1.61. The summed E-state index contributed by atoms with van der Waals surface area (Å²) in [6.45, 7) is 4.28. The fourth-order valence-corrected chi connectivity index (χ4v) is 2.79. The number of hydrogen-bond acceptors (Lipinski definition) is 2. The number of aliphatic hydroxyl groups is 1. The Labute approximate surface area is 127 Å². The van der Waals surface area contributed by atoms with Crippen LogP contribution in [-0.4, -0.2) is 23.2 Å². The number of rotatable bonds is 4. The Morgan fingerprint density at radius 2 is 1.95 bits per heavy atom. The van der Waals surface area contributed by atoms with Gasteiger partial charge in [-0.2, -0.15) is 0 Å². The molecule has 0 aliphatic heterocycles. The van der Waals surface area contributed by atoms with Crippen molar-refractivity contribution in [2.24, 2.45) is 5.92 Å². The van der Waals surface area contributed by atoms with E-state index in [1.807, 2.05) is 37.3 Å². The van der Waals surface area contributed by atoms with Gasteiger partial charge in [-0.25, -0.2) is 0 Å². The van der Waals surface area contributed by atoms with E-state index in [0.717, 1.165) is 31.2 Å². The van der Waals surface area contributed by atoms with Gasteiger partial charge >= 0.3 is 0 Å². The third-order valence-corrected chi connectivity index (χ3v) is 4.43. The molecule has 1 aliphatic rings. The van der Waals surface area contributed by atoms with Crippen molar-refractivity contribution in [2.45, 2.75) is 45.1 Å². The molecule has 0 bridgehead atoms. The summed E-state index contributed by atoms with van der Waals surface area (Å²) < 4.78 is 0. The number of carbonyl (C=O) groups is 1. The maximum Gasteiger partial charge on any atom is 0.244 e. The van der Waals surface area contributed by atoms with Crippen molar-refractivity contribution >= 4 is 12.0 Å². The highest BCUT2D eigenvalue weighted by Crippen LogP contribution is 2.31. The number of benzene rings is 1. The van der Waals surface area contributed by atoms with Crippen molar-refractivity contribution in [2.75, 3.05) is 6.61 Å². The molecule has 1 fully saturated rings. The second kappa shape index (κ2) is 6.90. The summed E-state index contributed by atoms with van der Waals surface area (Å²) in [6, 6.07) is 8.02. The van der Waals surface area contributed by atoms with Crippen LogP contribution in [0.3, 0.4) is 0 Å². The zero-order valence-electron chi connectivity index (χ0n) is 12.9. The largest absolute Gasteiger partial charge is 0.394 e. The molecule has 1 aromatic carbocycles. The maximum atomic E-state index is 12.1. The Balaban J connectivity index is 1.95. The van der Waals surface area contributed by atoms with Crippen molar-refractivity contribution in [3.63, 3.8) is 0 Å². The lowest BCUT2D eigenvalue weighted by Crippen LogP contribution is -2.52. The van der Waals surface area contributed by atoms with Gasteiger partial charge in [0.25, 0.3) is 0 Å². The van der Waals surface area contributed by atoms with Crippen molar-refractivity contribution in [3.8, 4) is 0 Å². The molecule has 0 saturated heterocycles. The molecule has 1 aliphatic carbocycles. The van der Waals surface area contributed by atoms with Gasteiger partial charge in [-0.05, 0) is 50.2 Å². The summed E-state index contributed by atoms with van der Waals surface area (Å²) >= 11 is 0. The highest BCUT2D eigenvalue weighted by atomic mass is 16.3. The number of aliphatic hydroxyl groups excluding tert-OH is 1. The van der Waals surface area contributed by atoms with Gasteiger partial charge in [-0.1, -0.05) is 36.8 Å². The summed E-state index contributed by atoms with van der Waals surface area (Å²) in [4.78, 5) is 12.1. The van der Waals surface area contributed by atoms with E-state index in [2.05, 4.69) is 12.2 Å². The average Bonchev–Trinajstić information content (AvgIpc) is 2.49. The first-order valence-corrected chi connectivity index (χ1v) is 7.71. The second-order valence-electron chi connectivity index (χ2n) is 6.35. The Morgan fingerprint density at radius 1 is 1.33 bits per heavy atom. The number of hydrogen-bond donors (Lipinski definition) is 2. The molecular formula is C18H25NO2. The summed E-state index contributed by atoms with van der Waals surface area (Å²) in [7, 11) is 0. The summed E-state index contributed by atoms with van der Waals surface area (Å²) in [5.74, 6) is 0.559. The molecule has 0 heterocycles. The zero-order chi connectivity index (χ0) is 15.3. The molecule has 114 valence electrons. The lowest BCUT2D eigenvalue weighted by molar-refractivity contribution is -0.119. The molecule has 0 spiro atoms. The van der Waals surface area contributed by atoms with E-state index in [9.17, 15) is 9.90 Å². The van der Waals surface area contributed by atoms with Gasteiger partial charge in [0.2, 0.25) is 5.91 Å². The smallest absolute Gasteiger partial charge is 0.244 e. The zero-order valence-corrected chi connectivity index (χ0v) is 12.9. The molecule has 0 radical (unpaired) electrons. The third-order valence-electron chi connectivity index (χ3n) is 4.43. The summed E-state index contributed by atoms with van der Waals surface area (Å²) in [5.41, 5.74) is 1.78. The Morgan fingerprint density at radius 3 is 2.52 bits per heavy atom. The van der Waals surface area contributed by atoms with Gasteiger partial charge in [0.1, 0.15) is 0 Å². The van der Waals surface area contributed by atoms with Crippen molar-refractivity contribution in [1.29, 1.82) is 0 Å². The first-order chi connectivity index (χ1) is 10.0. The van der Waals surface area contributed by atoms with Gasteiger partial charge in [-0.3, -0.25) is 4.79 Å². The molecule has 21 heavy (non-hydrogen) atoms. The van der Waals surface area contributed by atoms with Crippen molar-refractivity contribution in [3.05, 3.63) is 41.5 Å². The molecule has 1 saturated carbocycles. The Kier molecular flexibility index (Phi) is 5.18. The topological polar surface area (TPSA) is 49.3 Å². The van der Waals surface area contributed by atoms with Gasteiger partial charge in [0.15, 0.2) is 0 Å². The van der Waals surface area contributed by atoms with Crippen LogP contribution >= 0.6 is 0 Å². The molecule has 0 atom stereocenters. The van der Waals surface area contributed by atoms with Crippen LogP contribution in [-0.2, 0) is 4.79 Å². The fraction of sp³-hybridized carbons (Fsp3) is 0.500. The standard InChI is InChI=1S/C18H25NO2/c1-14-3-5-16(6-4-14)7-8-17(21)19-18(13-20)11-9-15(2)10-12-18/h3-8,15,20H,9-13H2,1-2H3,(H,19,21). The summed E-state index contributed by atoms with van der Waals surface area (Å²) in [5, 5.41) is 12.7. The molecule has 0 unspecified atom stereocenters.